The lowest BCUT2D eigenvalue weighted by molar-refractivity contribution is -0.125. The largest absolute Gasteiger partial charge is 0.497 e. The molecule has 2 aliphatic rings. The van der Waals surface area contributed by atoms with Gasteiger partial charge in [0.2, 0.25) is 5.91 Å². The van der Waals surface area contributed by atoms with Gasteiger partial charge >= 0.3 is 6.18 Å². The molecule has 2 atom stereocenters. The van der Waals surface area contributed by atoms with Gasteiger partial charge in [-0.3, -0.25) is 43.5 Å². The SMILES string of the molecule is COc1cc(OC)cc(N(CCN2CCCC(C(N)=O)C2)c2ccc3ncc(-c4cnn(C)c4)nc3c2)c1.COc1cc(OC)cc(N(CCNCC2CC2)c2ccc3ncc(-c4cnn(C)c4)nc3c2)c1.COc1cc(OC)cc(N(C[C@@H](O)CNCC(F)(F)F)c2ccc3ncc(-c4cnn(C)c4)nc3c2)c1.COc1cc(OCCF)cc(N(CCNC(C)C)c2ccc3ncc(-c4cnn(C)c4)nc3c2)c1. The summed E-state index contributed by atoms with van der Waals surface area (Å²) < 4.78 is 101. The van der Waals surface area contributed by atoms with Crippen LogP contribution in [0.15, 0.2) is 220 Å². The Bertz CT molecular complexity index is 6940. The molecular formula is C105H121F4N25O10. The first kappa shape index (κ1) is 103. The molecule has 2 fully saturated rings. The maximum Gasteiger partial charge on any atom is 0.401 e. The van der Waals surface area contributed by atoms with Crippen LogP contribution >= 0.6 is 0 Å². The molecule has 35 nitrogen and oxygen atoms in total. The van der Waals surface area contributed by atoms with Crippen molar-refractivity contribution < 1.29 is 65.4 Å². The zero-order valence-corrected chi connectivity index (χ0v) is 82.9. The summed E-state index contributed by atoms with van der Waals surface area (Å²) in [4.78, 5) is 60.2. The lowest BCUT2D eigenvalue weighted by atomic mass is 9.97. The fraction of sp³-hybridized carbons (Fsp3) is 0.343. The molecule has 16 aromatic rings. The number of rotatable bonds is 40. The maximum atomic E-state index is 12.7. The van der Waals surface area contributed by atoms with Crippen LogP contribution in [0, 0.1) is 11.8 Å². The fourth-order valence-electron chi connectivity index (χ4n) is 16.6. The van der Waals surface area contributed by atoms with E-state index in [9.17, 15) is 27.5 Å². The molecule has 1 aliphatic carbocycles. The number of aliphatic hydroxyl groups excluding tert-OH is 1. The van der Waals surface area contributed by atoms with Crippen LogP contribution in [0.4, 0.5) is 63.1 Å². The molecule has 1 aliphatic heterocycles. The summed E-state index contributed by atoms with van der Waals surface area (Å²) in [5.41, 5.74) is 25.3. The number of methoxy groups -OCH3 is 7. The molecule has 0 radical (unpaired) electrons. The van der Waals surface area contributed by atoms with E-state index >= 15 is 0 Å². The first-order valence-corrected chi connectivity index (χ1v) is 47.3. The molecule has 8 aromatic heterocycles. The second kappa shape index (κ2) is 48.3. The summed E-state index contributed by atoms with van der Waals surface area (Å²) in [7, 11) is 18.7. The zero-order chi connectivity index (χ0) is 102. The minimum absolute atomic E-state index is 0.00973. The molecule has 1 saturated heterocycles. The van der Waals surface area contributed by atoms with E-state index in [1.54, 1.807) is 139 Å². The van der Waals surface area contributed by atoms with Crippen LogP contribution < -0.4 is 79.2 Å². The number of benzene rings is 8. The normalized spacial score (nSPS) is 13.3. The van der Waals surface area contributed by atoms with Gasteiger partial charge in [0.05, 0.1) is 191 Å². The number of nitrogens with zero attached hydrogens (tertiary/aromatic N) is 21. The van der Waals surface area contributed by atoms with Crippen molar-refractivity contribution >= 4 is 95.5 Å². The van der Waals surface area contributed by atoms with E-state index in [-0.39, 0.29) is 31.5 Å². The number of piperidine rings is 1. The van der Waals surface area contributed by atoms with Gasteiger partial charge in [0.1, 0.15) is 59.3 Å². The number of carbonyl (C=O) groups excluding carboxylic acids is 1. The summed E-state index contributed by atoms with van der Waals surface area (Å²) in [6, 6.07) is 46.7. The molecule has 0 spiro atoms. The standard InChI is InChI=1S/C28H33N7O3.C26H31FN6O2.C26H30N6O2.C25H27F3N6O3/c1-33-17-20(15-31-33)27-16-30-25-7-6-21(13-26(25)32-27)35(22-11-23(37-2)14-24(12-22)38-3)10-9-34-8-4-5-19(18-34)28(29)36;1-18(2)28-8-9-33(21-11-22(34-4)14-23(12-21)35-10-7-27)20-5-6-24-25(13-20)31-26(16-29-24)19-15-30-32(3)17-19;1-31-17-19(15-29-31)26-16-28-24-7-6-20(12-25(24)30-26)32(9-8-27-14-18-4-5-18)21-10-22(33-2)13-23(11-21)34-3;1-33-13-16(10-31-33)24-12-30-22-5-4-17(8-23(22)32-24)34(14-19(35)11-29-15-25(26,27)28)18-6-20(36-2)9-21(7-18)37-3/h6-7,11-17,19H,4-5,8-10,18H2,1-3H3,(H2,29,36);5-6,11-18,28H,7-10H2,1-4H3;6-7,10-13,15-18,27H,4-5,8-9,14H2,1-3H3;4-10,12-13,19,29,35H,11,14-15H2,1-3H3/t;;;19-/m...0/s1. The van der Waals surface area contributed by atoms with Crippen LogP contribution in [0.5, 0.6) is 46.0 Å². The fourth-order valence-corrected chi connectivity index (χ4v) is 16.6. The number of hydrogen-bond acceptors (Lipinski definition) is 30. The summed E-state index contributed by atoms with van der Waals surface area (Å²) in [6.07, 6.45) is 20.7. The second-order valence-electron chi connectivity index (χ2n) is 35.2. The van der Waals surface area contributed by atoms with Crippen LogP contribution in [0.25, 0.3) is 89.2 Å². The lowest BCUT2D eigenvalue weighted by Gasteiger charge is -2.34. The molecule has 1 unspecified atom stereocenters. The van der Waals surface area contributed by atoms with Crippen molar-refractivity contribution in [2.75, 3.05) is 161 Å². The number of carbonyl (C=O) groups is 1. The average molecular weight is 1970 g/mol. The number of primary amides is 1. The van der Waals surface area contributed by atoms with Crippen molar-refractivity contribution in [3.05, 3.63) is 220 Å². The Morgan fingerprint density at radius 3 is 1.12 bits per heavy atom. The predicted octanol–water partition coefficient (Wildman–Crippen LogP) is 15.8. The van der Waals surface area contributed by atoms with Crippen LogP contribution in [0.3, 0.4) is 0 Å². The predicted molar refractivity (Wildman–Crippen MR) is 550 cm³/mol. The quantitative estimate of drug-likeness (QED) is 0.0176. The molecular weight excluding hydrogens is 1850 g/mol. The van der Waals surface area contributed by atoms with Gasteiger partial charge in [0, 0.05) is 252 Å². The number of nitrogens with one attached hydrogen (secondary N) is 3. The van der Waals surface area contributed by atoms with Gasteiger partial charge < -0.3 is 89.2 Å². The Kier molecular flexibility index (Phi) is 34.6. The highest BCUT2D eigenvalue weighted by Gasteiger charge is 2.30. The summed E-state index contributed by atoms with van der Waals surface area (Å²) in [5, 5.41) is 36.9. The van der Waals surface area contributed by atoms with Gasteiger partial charge in [-0.15, -0.1) is 0 Å². The topological polar surface area (TPSA) is 364 Å². The van der Waals surface area contributed by atoms with Gasteiger partial charge in [-0.25, -0.2) is 24.3 Å². The number of nitrogens with two attached hydrogens (primary N) is 1. The molecule has 0 bridgehead atoms. The summed E-state index contributed by atoms with van der Waals surface area (Å²) in [6.45, 7) is 9.47. The number of aryl methyl sites for hydroxylation is 4. The van der Waals surface area contributed by atoms with Crippen molar-refractivity contribution in [3.63, 3.8) is 0 Å². The number of hydrogen-bond donors (Lipinski definition) is 5. The first-order valence-electron chi connectivity index (χ1n) is 47.3. The van der Waals surface area contributed by atoms with Gasteiger partial charge in [-0.1, -0.05) is 13.8 Å². The van der Waals surface area contributed by atoms with Crippen LogP contribution in [0.1, 0.15) is 39.5 Å². The number of likely N-dealkylation sites (tertiary alicyclic amines) is 1. The maximum absolute atomic E-state index is 12.7. The summed E-state index contributed by atoms with van der Waals surface area (Å²) >= 11 is 0. The van der Waals surface area contributed by atoms with Gasteiger partial charge in [0.25, 0.3) is 0 Å². The van der Waals surface area contributed by atoms with E-state index in [4.69, 9.17) is 63.6 Å². The molecule has 18 rings (SSSR count). The van der Waals surface area contributed by atoms with Gasteiger partial charge in [0.15, 0.2) is 0 Å². The molecule has 754 valence electrons. The van der Waals surface area contributed by atoms with Gasteiger partial charge in [-0.2, -0.15) is 33.6 Å². The second-order valence-corrected chi connectivity index (χ2v) is 35.2. The van der Waals surface area contributed by atoms with E-state index in [0.717, 1.165) is 176 Å². The highest BCUT2D eigenvalue weighted by Crippen LogP contribution is 2.41. The molecule has 9 heterocycles. The molecule has 6 N–H and O–H groups in total. The van der Waals surface area contributed by atoms with E-state index < -0.39 is 25.5 Å². The van der Waals surface area contributed by atoms with E-state index in [1.807, 2.05) is 144 Å². The average Bonchev–Trinajstić information content (AvgIpc) is 1.23. The van der Waals surface area contributed by atoms with E-state index in [0.29, 0.717) is 88.3 Å². The Morgan fingerprint density at radius 1 is 0.444 bits per heavy atom. The number of fused-ring (bicyclic) bond motifs is 4. The van der Waals surface area contributed by atoms with Crippen LogP contribution in [-0.4, -0.2) is 255 Å². The van der Waals surface area contributed by atoms with Crippen molar-refractivity contribution in [3.8, 4) is 91.0 Å². The Hall–Kier alpha value is -15.5. The number of alkyl halides is 4. The first-order chi connectivity index (χ1) is 69.7. The molecule has 1 amide bonds. The number of ether oxygens (including phenoxy) is 8. The molecule has 39 heteroatoms. The van der Waals surface area contributed by atoms with E-state index in [1.165, 1.54) is 27.1 Å². The smallest absolute Gasteiger partial charge is 0.401 e. The van der Waals surface area contributed by atoms with Crippen molar-refractivity contribution in [1.29, 1.82) is 0 Å². The highest BCUT2D eigenvalue weighted by atomic mass is 19.4. The third-order valence-corrected chi connectivity index (χ3v) is 24.2. The summed E-state index contributed by atoms with van der Waals surface area (Å²) in [5.74, 6) is 5.66. The Balaban J connectivity index is 0.000000145. The zero-order valence-electron chi connectivity index (χ0n) is 82.9. The van der Waals surface area contributed by atoms with Crippen molar-refractivity contribution in [2.45, 2.75) is 57.9 Å². The van der Waals surface area contributed by atoms with Gasteiger partial charge in [-0.05, 0) is 117 Å². The number of halogens is 4. The number of aliphatic hydroxyl groups is 1. The number of anilines is 8. The van der Waals surface area contributed by atoms with Crippen LogP contribution in [0.2, 0.25) is 0 Å². The third-order valence-electron chi connectivity index (χ3n) is 24.2. The third kappa shape index (κ3) is 27.7. The van der Waals surface area contributed by atoms with Crippen molar-refractivity contribution in [2.24, 2.45) is 45.8 Å². The highest BCUT2D eigenvalue weighted by molar-refractivity contribution is 5.87. The Morgan fingerprint density at radius 2 is 0.792 bits per heavy atom. The number of aromatic nitrogens is 16. The monoisotopic (exact) mass is 1970 g/mol. The lowest BCUT2D eigenvalue weighted by Crippen LogP contribution is -2.43. The minimum Gasteiger partial charge on any atom is -0.497 e. The molecule has 8 aromatic carbocycles. The van der Waals surface area contributed by atoms with Crippen molar-refractivity contribution in [1.82, 2.24) is 99.8 Å². The minimum atomic E-state index is -4.37. The Labute approximate surface area is 832 Å². The number of amides is 1. The van der Waals surface area contributed by atoms with E-state index in [2.05, 4.69) is 114 Å². The molecule has 1 saturated carbocycles. The van der Waals surface area contributed by atoms with Crippen LogP contribution in [-0.2, 0) is 33.0 Å². The molecule has 144 heavy (non-hydrogen) atoms.